The molecule has 0 bridgehead atoms. The van der Waals surface area contributed by atoms with Crippen molar-refractivity contribution in [1.29, 1.82) is 0 Å². The van der Waals surface area contributed by atoms with E-state index in [1.165, 1.54) is 4.90 Å². The fourth-order valence-corrected chi connectivity index (χ4v) is 1.94. The lowest BCUT2D eigenvalue weighted by Gasteiger charge is -2.28. The maximum Gasteiger partial charge on any atom is 0.417 e. The van der Waals surface area contributed by atoms with E-state index in [0.717, 1.165) is 25.9 Å². The molecule has 2 aliphatic rings. The standard InChI is InChI=1S/C9H14N2O3.ClH/c1-6-8(12)11(9(13)14-6)7-2-4-10-5-3-7;/h6-7,10H,2-5H2,1H3;1H/t6-;/m0./s1. The summed E-state index contributed by atoms with van der Waals surface area (Å²) in [6.45, 7) is 3.33. The molecule has 1 N–H and O–H groups in total. The van der Waals surface area contributed by atoms with Crippen LogP contribution in [0.4, 0.5) is 4.79 Å². The Kier molecular flexibility index (Phi) is 3.93. The van der Waals surface area contributed by atoms with Gasteiger partial charge < -0.3 is 10.1 Å². The molecule has 0 aliphatic carbocycles. The Morgan fingerprint density at radius 3 is 2.40 bits per heavy atom. The molecule has 0 unspecified atom stereocenters. The van der Waals surface area contributed by atoms with Crippen molar-refractivity contribution in [1.82, 2.24) is 10.2 Å². The Morgan fingerprint density at radius 1 is 1.33 bits per heavy atom. The summed E-state index contributed by atoms with van der Waals surface area (Å²) in [5, 5.41) is 3.19. The second kappa shape index (κ2) is 4.81. The first-order valence-corrected chi connectivity index (χ1v) is 4.94. The molecule has 2 rings (SSSR count). The van der Waals surface area contributed by atoms with Crippen molar-refractivity contribution < 1.29 is 14.3 Å². The summed E-state index contributed by atoms with van der Waals surface area (Å²) in [6.07, 6.45) is 0.577. The van der Waals surface area contributed by atoms with Gasteiger partial charge in [0, 0.05) is 6.04 Å². The van der Waals surface area contributed by atoms with Gasteiger partial charge in [0.05, 0.1) is 0 Å². The Morgan fingerprint density at radius 2 is 1.93 bits per heavy atom. The molecule has 2 heterocycles. The lowest BCUT2D eigenvalue weighted by Crippen LogP contribution is -2.46. The SMILES string of the molecule is C[C@@H]1OC(=O)N(C2CCNCC2)C1=O.Cl. The van der Waals surface area contributed by atoms with Crippen LogP contribution in [0.5, 0.6) is 0 Å². The van der Waals surface area contributed by atoms with Crippen LogP contribution in [0.25, 0.3) is 0 Å². The average molecular weight is 235 g/mol. The van der Waals surface area contributed by atoms with Crippen LogP contribution in [-0.4, -0.2) is 42.1 Å². The predicted octanol–water partition coefficient (Wildman–Crippen LogP) is 0.527. The number of carbonyl (C=O) groups excluding carboxylic acids is 2. The van der Waals surface area contributed by atoms with Crippen LogP contribution in [-0.2, 0) is 9.53 Å². The van der Waals surface area contributed by atoms with E-state index >= 15 is 0 Å². The molecule has 0 saturated carbocycles. The van der Waals surface area contributed by atoms with Gasteiger partial charge in [-0.15, -0.1) is 12.4 Å². The second-order valence-electron chi connectivity index (χ2n) is 3.72. The van der Waals surface area contributed by atoms with Crippen LogP contribution in [0, 0.1) is 0 Å². The van der Waals surface area contributed by atoms with E-state index in [4.69, 9.17) is 4.74 Å². The first kappa shape index (κ1) is 12.3. The molecule has 0 aromatic carbocycles. The summed E-state index contributed by atoms with van der Waals surface area (Å²) >= 11 is 0. The zero-order valence-corrected chi connectivity index (χ0v) is 9.38. The Hall–Kier alpha value is -0.810. The molecule has 0 aromatic rings. The molecule has 0 radical (unpaired) electrons. The third-order valence-electron chi connectivity index (χ3n) is 2.73. The normalized spacial score (nSPS) is 27.5. The molecule has 2 saturated heterocycles. The third-order valence-corrected chi connectivity index (χ3v) is 2.73. The molecule has 15 heavy (non-hydrogen) atoms. The number of hydrogen-bond donors (Lipinski definition) is 1. The number of hydrogen-bond acceptors (Lipinski definition) is 4. The van der Waals surface area contributed by atoms with Crippen molar-refractivity contribution in [2.75, 3.05) is 13.1 Å². The van der Waals surface area contributed by atoms with Gasteiger partial charge >= 0.3 is 6.09 Å². The summed E-state index contributed by atoms with van der Waals surface area (Å²) in [4.78, 5) is 24.2. The van der Waals surface area contributed by atoms with Gasteiger partial charge in [-0.1, -0.05) is 0 Å². The molecule has 6 heteroatoms. The summed E-state index contributed by atoms with van der Waals surface area (Å²) in [5.74, 6) is -0.193. The number of nitrogens with zero attached hydrogens (tertiary/aromatic N) is 1. The number of imide groups is 1. The highest BCUT2D eigenvalue weighted by atomic mass is 35.5. The number of rotatable bonds is 1. The zero-order chi connectivity index (χ0) is 10.1. The van der Waals surface area contributed by atoms with E-state index in [2.05, 4.69) is 5.32 Å². The highest BCUT2D eigenvalue weighted by Gasteiger charge is 2.42. The Labute approximate surface area is 94.5 Å². The number of halogens is 1. The van der Waals surface area contributed by atoms with Crippen LogP contribution in [0.15, 0.2) is 0 Å². The molecule has 2 fully saturated rings. The van der Waals surface area contributed by atoms with Gasteiger partial charge in [0.15, 0.2) is 6.10 Å². The number of ether oxygens (including phenoxy) is 1. The number of cyclic esters (lactones) is 1. The van der Waals surface area contributed by atoms with Gasteiger partial charge in [-0.3, -0.25) is 4.79 Å². The molecule has 2 aliphatic heterocycles. The van der Waals surface area contributed by atoms with Crippen LogP contribution in [0.3, 0.4) is 0 Å². The third kappa shape index (κ3) is 2.23. The summed E-state index contributed by atoms with van der Waals surface area (Å²) < 4.78 is 4.86. The smallest absolute Gasteiger partial charge is 0.417 e. The maximum atomic E-state index is 11.6. The first-order valence-electron chi connectivity index (χ1n) is 4.94. The van der Waals surface area contributed by atoms with E-state index < -0.39 is 12.2 Å². The van der Waals surface area contributed by atoms with Gasteiger partial charge in [-0.2, -0.15) is 0 Å². The average Bonchev–Trinajstić information content (AvgIpc) is 2.43. The van der Waals surface area contributed by atoms with E-state index in [1.54, 1.807) is 6.92 Å². The van der Waals surface area contributed by atoms with Crippen molar-refractivity contribution in [3.05, 3.63) is 0 Å². The highest BCUT2D eigenvalue weighted by Crippen LogP contribution is 2.20. The molecular weight excluding hydrogens is 220 g/mol. The fraction of sp³-hybridized carbons (Fsp3) is 0.778. The Bertz CT molecular complexity index is 266. The van der Waals surface area contributed by atoms with Crippen LogP contribution < -0.4 is 5.32 Å². The molecule has 0 spiro atoms. The quantitative estimate of drug-likeness (QED) is 0.719. The summed E-state index contributed by atoms with van der Waals surface area (Å²) in [6, 6.07) is 0.0289. The fourth-order valence-electron chi connectivity index (χ4n) is 1.94. The molecule has 1 atom stereocenters. The van der Waals surface area contributed by atoms with E-state index in [-0.39, 0.29) is 24.4 Å². The van der Waals surface area contributed by atoms with E-state index in [9.17, 15) is 9.59 Å². The molecule has 0 aromatic heterocycles. The minimum Gasteiger partial charge on any atom is -0.436 e. The number of amides is 2. The number of piperidine rings is 1. The van der Waals surface area contributed by atoms with Crippen molar-refractivity contribution in [3.63, 3.8) is 0 Å². The molecule has 2 amide bonds. The lowest BCUT2D eigenvalue weighted by atomic mass is 10.1. The van der Waals surface area contributed by atoms with Crippen LogP contribution >= 0.6 is 12.4 Å². The topological polar surface area (TPSA) is 58.6 Å². The Balaban J connectivity index is 0.00000112. The van der Waals surface area contributed by atoms with Gasteiger partial charge in [-0.05, 0) is 32.9 Å². The van der Waals surface area contributed by atoms with Crippen molar-refractivity contribution in [3.8, 4) is 0 Å². The minimum atomic E-state index is -0.600. The van der Waals surface area contributed by atoms with Crippen LogP contribution in [0.1, 0.15) is 19.8 Å². The van der Waals surface area contributed by atoms with E-state index in [0.29, 0.717) is 0 Å². The lowest BCUT2D eigenvalue weighted by molar-refractivity contribution is -0.130. The zero-order valence-electron chi connectivity index (χ0n) is 8.56. The van der Waals surface area contributed by atoms with Gasteiger partial charge in [0.25, 0.3) is 5.91 Å². The molecule has 86 valence electrons. The maximum absolute atomic E-state index is 11.6. The highest BCUT2D eigenvalue weighted by molar-refractivity contribution is 6.00. The minimum absolute atomic E-state index is 0. The van der Waals surface area contributed by atoms with E-state index in [1.807, 2.05) is 0 Å². The number of nitrogens with one attached hydrogen (secondary N) is 1. The van der Waals surface area contributed by atoms with Gasteiger partial charge in [0.1, 0.15) is 0 Å². The second-order valence-corrected chi connectivity index (χ2v) is 3.72. The van der Waals surface area contributed by atoms with Crippen LogP contribution in [0.2, 0.25) is 0 Å². The molecule has 5 nitrogen and oxygen atoms in total. The van der Waals surface area contributed by atoms with Crippen molar-refractivity contribution in [2.24, 2.45) is 0 Å². The van der Waals surface area contributed by atoms with Gasteiger partial charge in [-0.25, -0.2) is 9.69 Å². The molecular formula is C9H15ClN2O3. The van der Waals surface area contributed by atoms with Crippen molar-refractivity contribution in [2.45, 2.75) is 31.9 Å². The number of carbonyl (C=O) groups is 2. The largest absolute Gasteiger partial charge is 0.436 e. The van der Waals surface area contributed by atoms with Crippen molar-refractivity contribution >= 4 is 24.4 Å². The summed E-state index contributed by atoms with van der Waals surface area (Å²) in [7, 11) is 0. The monoisotopic (exact) mass is 234 g/mol. The van der Waals surface area contributed by atoms with Gasteiger partial charge in [0.2, 0.25) is 0 Å². The first-order chi connectivity index (χ1) is 6.70. The summed E-state index contributed by atoms with van der Waals surface area (Å²) in [5.41, 5.74) is 0. The predicted molar refractivity (Wildman–Crippen MR) is 55.9 cm³/mol.